The van der Waals surface area contributed by atoms with E-state index >= 15 is 0 Å². The molecule has 1 aromatic rings. The van der Waals surface area contributed by atoms with Gasteiger partial charge < -0.3 is 18.9 Å². The molecule has 2 rings (SSSR count). The molecule has 0 fully saturated rings. The van der Waals surface area contributed by atoms with Gasteiger partial charge in [0.1, 0.15) is 11.9 Å². The molecule has 1 aromatic carbocycles. The number of hydrogen-bond acceptors (Lipinski definition) is 6. The molecule has 33 heavy (non-hydrogen) atoms. The van der Waals surface area contributed by atoms with Gasteiger partial charge in [-0.15, -0.1) is 0 Å². The van der Waals surface area contributed by atoms with E-state index in [1.165, 1.54) is 6.08 Å². The second-order valence-electron chi connectivity index (χ2n) is 7.96. The van der Waals surface area contributed by atoms with Gasteiger partial charge >= 0.3 is 5.97 Å². The van der Waals surface area contributed by atoms with E-state index in [1.807, 2.05) is 50.3 Å². The summed E-state index contributed by atoms with van der Waals surface area (Å²) in [5.41, 5.74) is 2.92. The Balaban J connectivity index is 2.01. The molecule has 178 valence electrons. The lowest BCUT2D eigenvalue weighted by Gasteiger charge is -2.18. The lowest BCUT2D eigenvalue weighted by atomic mass is 10.1. The molecule has 0 saturated carbocycles. The van der Waals surface area contributed by atoms with E-state index in [2.05, 4.69) is 0 Å². The van der Waals surface area contributed by atoms with Crippen molar-refractivity contribution < 1.29 is 28.5 Å². The summed E-state index contributed by atoms with van der Waals surface area (Å²) in [6.07, 6.45) is 11.2. The van der Waals surface area contributed by atoms with Crippen molar-refractivity contribution in [3.63, 3.8) is 0 Å². The number of carbonyl (C=O) groups is 2. The fraction of sp³-hybridized carbons (Fsp3) is 0.407. The van der Waals surface area contributed by atoms with E-state index < -0.39 is 12.1 Å². The monoisotopic (exact) mass is 454 g/mol. The standard InChI is InChI=1S/C27H34O6/c1-21-7-6-9-27(29)33-26(20-32-19-23-10-12-25(30-3)13-11-23)18-22(2)14-16-31-15-5-4-8-24(28)17-21/h4,6-14,26H,5,15-20H2,1-3H3/b8-4+,9-6+,21-7-,22-14+/t26-/m0/s1. The highest BCUT2D eigenvalue weighted by molar-refractivity contribution is 5.91. The molecule has 0 amide bonds. The van der Waals surface area contributed by atoms with Gasteiger partial charge in [-0.25, -0.2) is 4.79 Å². The molecule has 0 aromatic heterocycles. The van der Waals surface area contributed by atoms with Gasteiger partial charge in [0.25, 0.3) is 0 Å². The lowest BCUT2D eigenvalue weighted by Crippen LogP contribution is -2.23. The quantitative estimate of drug-likeness (QED) is 0.466. The van der Waals surface area contributed by atoms with Crippen LogP contribution in [-0.2, 0) is 30.4 Å². The molecule has 0 N–H and O–H groups in total. The number of hydrogen-bond donors (Lipinski definition) is 0. The summed E-state index contributed by atoms with van der Waals surface area (Å²) in [4.78, 5) is 24.3. The molecular weight excluding hydrogens is 420 g/mol. The topological polar surface area (TPSA) is 71.1 Å². The van der Waals surface area contributed by atoms with Gasteiger partial charge in [0.15, 0.2) is 5.78 Å². The molecule has 0 spiro atoms. The molecule has 6 heteroatoms. The maximum atomic E-state index is 12.3. The number of methoxy groups -OCH3 is 1. The minimum absolute atomic E-state index is 0.0191. The van der Waals surface area contributed by atoms with Crippen LogP contribution in [0, 0.1) is 0 Å². The first kappa shape index (κ1) is 26.3. The zero-order chi connectivity index (χ0) is 23.9. The fourth-order valence-electron chi connectivity index (χ4n) is 3.14. The van der Waals surface area contributed by atoms with E-state index in [0.29, 0.717) is 39.1 Å². The summed E-state index contributed by atoms with van der Waals surface area (Å²) < 4.78 is 22.3. The van der Waals surface area contributed by atoms with Crippen molar-refractivity contribution in [1.29, 1.82) is 0 Å². The molecule has 0 bridgehead atoms. The number of ketones is 1. The number of ether oxygens (including phenoxy) is 4. The van der Waals surface area contributed by atoms with Crippen LogP contribution < -0.4 is 4.74 Å². The fourth-order valence-corrected chi connectivity index (χ4v) is 3.14. The summed E-state index contributed by atoms with van der Waals surface area (Å²) >= 11 is 0. The summed E-state index contributed by atoms with van der Waals surface area (Å²) in [6, 6.07) is 7.64. The molecule has 0 unspecified atom stereocenters. The minimum Gasteiger partial charge on any atom is -0.497 e. The first-order chi connectivity index (χ1) is 16.0. The second kappa shape index (κ2) is 15.0. The molecule has 0 radical (unpaired) electrons. The Labute approximate surface area is 196 Å². The van der Waals surface area contributed by atoms with Gasteiger partial charge in [-0.05, 0) is 44.0 Å². The van der Waals surface area contributed by atoms with Crippen LogP contribution in [0.3, 0.4) is 0 Å². The molecule has 1 aliphatic heterocycles. The van der Waals surface area contributed by atoms with Crippen molar-refractivity contribution in [2.24, 2.45) is 0 Å². The Hall–Kier alpha value is -2.96. The number of allylic oxidation sites excluding steroid dienone is 4. The Morgan fingerprint density at radius 1 is 1.06 bits per heavy atom. The molecule has 1 atom stereocenters. The molecule has 1 aliphatic rings. The zero-order valence-corrected chi connectivity index (χ0v) is 19.8. The molecular formula is C27H34O6. The van der Waals surface area contributed by atoms with Gasteiger partial charge in [-0.3, -0.25) is 4.79 Å². The van der Waals surface area contributed by atoms with Crippen LogP contribution in [0.15, 0.2) is 71.9 Å². The highest BCUT2D eigenvalue weighted by Gasteiger charge is 2.14. The van der Waals surface area contributed by atoms with Crippen LogP contribution in [0.25, 0.3) is 0 Å². The van der Waals surface area contributed by atoms with Crippen LogP contribution in [0.4, 0.5) is 0 Å². The highest BCUT2D eigenvalue weighted by Crippen LogP contribution is 2.14. The maximum Gasteiger partial charge on any atom is 0.331 e. The minimum atomic E-state index is -0.450. The Morgan fingerprint density at radius 2 is 1.85 bits per heavy atom. The van der Waals surface area contributed by atoms with Crippen LogP contribution in [-0.4, -0.2) is 44.8 Å². The number of carbonyl (C=O) groups excluding carboxylic acids is 2. The third-order valence-electron chi connectivity index (χ3n) is 4.91. The van der Waals surface area contributed by atoms with Crippen LogP contribution in [0.1, 0.15) is 38.7 Å². The SMILES string of the molecule is COc1ccc(COC[C@@H]2C/C(C)=C/COCC/C=C/C(=O)C/C(C)=C\C=C\C(=O)O2)cc1. The highest BCUT2D eigenvalue weighted by atomic mass is 16.6. The Bertz CT molecular complexity index is 876. The van der Waals surface area contributed by atoms with E-state index in [-0.39, 0.29) is 12.4 Å². The molecule has 0 aliphatic carbocycles. The molecule has 1 heterocycles. The van der Waals surface area contributed by atoms with Gasteiger partial charge in [-0.1, -0.05) is 47.6 Å². The van der Waals surface area contributed by atoms with Crippen molar-refractivity contribution in [2.45, 2.75) is 45.8 Å². The van der Waals surface area contributed by atoms with Crippen LogP contribution in [0.5, 0.6) is 5.75 Å². The van der Waals surface area contributed by atoms with Crippen molar-refractivity contribution >= 4 is 11.8 Å². The maximum absolute atomic E-state index is 12.3. The normalized spacial score (nSPS) is 24.3. The third kappa shape index (κ3) is 11.5. The van der Waals surface area contributed by atoms with Crippen molar-refractivity contribution in [2.75, 3.05) is 26.9 Å². The summed E-state index contributed by atoms with van der Waals surface area (Å²) in [7, 11) is 1.63. The van der Waals surface area contributed by atoms with Gasteiger partial charge in [0.2, 0.25) is 0 Å². The van der Waals surface area contributed by atoms with Crippen LogP contribution >= 0.6 is 0 Å². The zero-order valence-electron chi connectivity index (χ0n) is 19.8. The molecule has 6 nitrogen and oxygen atoms in total. The molecule has 0 saturated heterocycles. The van der Waals surface area contributed by atoms with Gasteiger partial charge in [0, 0.05) is 18.9 Å². The average molecular weight is 455 g/mol. The predicted octanol–water partition coefficient (Wildman–Crippen LogP) is 4.90. The van der Waals surface area contributed by atoms with Crippen molar-refractivity contribution in [3.05, 3.63) is 77.4 Å². The second-order valence-corrected chi connectivity index (χ2v) is 7.96. The van der Waals surface area contributed by atoms with Gasteiger partial charge in [-0.2, -0.15) is 0 Å². The summed E-state index contributed by atoms with van der Waals surface area (Å²) in [5.74, 6) is 0.357. The lowest BCUT2D eigenvalue weighted by molar-refractivity contribution is -0.146. The van der Waals surface area contributed by atoms with Gasteiger partial charge in [0.05, 0.1) is 33.5 Å². The van der Waals surface area contributed by atoms with E-state index in [0.717, 1.165) is 22.5 Å². The Morgan fingerprint density at radius 3 is 2.61 bits per heavy atom. The largest absolute Gasteiger partial charge is 0.497 e. The van der Waals surface area contributed by atoms with Crippen LogP contribution in [0.2, 0.25) is 0 Å². The smallest absolute Gasteiger partial charge is 0.331 e. The first-order valence-corrected chi connectivity index (χ1v) is 11.1. The van der Waals surface area contributed by atoms with E-state index in [9.17, 15) is 9.59 Å². The third-order valence-corrected chi connectivity index (χ3v) is 4.91. The average Bonchev–Trinajstić information content (AvgIpc) is 2.78. The van der Waals surface area contributed by atoms with E-state index in [4.69, 9.17) is 18.9 Å². The van der Waals surface area contributed by atoms with Crippen molar-refractivity contribution in [1.82, 2.24) is 0 Å². The Kier molecular flexibility index (Phi) is 11.9. The van der Waals surface area contributed by atoms with Crippen molar-refractivity contribution in [3.8, 4) is 5.75 Å². The first-order valence-electron chi connectivity index (χ1n) is 11.1. The number of cyclic esters (lactones) is 1. The predicted molar refractivity (Wildman–Crippen MR) is 128 cm³/mol. The number of rotatable bonds is 5. The summed E-state index contributed by atoms with van der Waals surface area (Å²) in [6.45, 7) is 5.51. The number of esters is 1. The number of benzene rings is 1. The summed E-state index contributed by atoms with van der Waals surface area (Å²) in [5, 5.41) is 0. The van der Waals surface area contributed by atoms with E-state index in [1.54, 1.807) is 25.3 Å².